The number of anilines is 1. The van der Waals surface area contributed by atoms with Gasteiger partial charge in [-0.25, -0.2) is 14.8 Å². The molecule has 0 aliphatic carbocycles. The molecule has 0 radical (unpaired) electrons. The van der Waals surface area contributed by atoms with Crippen LogP contribution < -0.4 is 21.4 Å². The third-order valence-electron chi connectivity index (χ3n) is 5.83. The number of rotatable bonds is 7. The van der Waals surface area contributed by atoms with Crippen LogP contribution >= 0.6 is 11.3 Å². The molecule has 3 N–H and O–H groups in total. The van der Waals surface area contributed by atoms with Crippen molar-refractivity contribution in [1.29, 1.82) is 0 Å². The number of fused-ring (bicyclic) bond motifs is 1. The molecule has 0 aliphatic rings. The number of aromatic nitrogens is 3. The highest BCUT2D eigenvalue weighted by molar-refractivity contribution is 7.13. The lowest BCUT2D eigenvalue weighted by Crippen LogP contribution is -2.28. The molecule has 36 heavy (non-hydrogen) atoms. The fourth-order valence-corrected chi connectivity index (χ4v) is 4.89. The van der Waals surface area contributed by atoms with Crippen LogP contribution in [0.5, 0.6) is 0 Å². The van der Waals surface area contributed by atoms with Gasteiger partial charge in [0.2, 0.25) is 5.43 Å². The summed E-state index contributed by atoms with van der Waals surface area (Å²) in [6.07, 6.45) is 4.12. The molecule has 3 aromatic heterocycles. The van der Waals surface area contributed by atoms with Crippen LogP contribution in [0.3, 0.4) is 0 Å². The van der Waals surface area contributed by atoms with E-state index in [2.05, 4.69) is 27.9 Å². The second kappa shape index (κ2) is 10.7. The summed E-state index contributed by atoms with van der Waals surface area (Å²) in [4.78, 5) is 46.6. The van der Waals surface area contributed by atoms with Crippen molar-refractivity contribution in [3.05, 3.63) is 63.5 Å². The van der Waals surface area contributed by atoms with E-state index in [1.54, 1.807) is 18.5 Å². The van der Waals surface area contributed by atoms with E-state index in [1.807, 2.05) is 42.0 Å². The van der Waals surface area contributed by atoms with Crippen LogP contribution in [-0.2, 0) is 13.0 Å². The number of thiazole rings is 1. The predicted molar refractivity (Wildman–Crippen MR) is 144 cm³/mol. The van der Waals surface area contributed by atoms with Crippen molar-refractivity contribution >= 4 is 40.0 Å². The van der Waals surface area contributed by atoms with E-state index in [0.717, 1.165) is 39.3 Å². The average molecular weight is 505 g/mol. The fourth-order valence-electron chi connectivity index (χ4n) is 3.96. The van der Waals surface area contributed by atoms with Crippen LogP contribution in [0.15, 0.2) is 46.8 Å². The lowest BCUT2D eigenvalue weighted by Gasteiger charge is -2.14. The number of hydrogen-bond donors (Lipinski definition) is 3. The number of nitrogens with one attached hydrogen (secondary N) is 3. The van der Waals surface area contributed by atoms with Gasteiger partial charge in [0.05, 0.1) is 11.2 Å². The van der Waals surface area contributed by atoms with Gasteiger partial charge >= 0.3 is 6.03 Å². The second-order valence-corrected chi connectivity index (χ2v) is 8.92. The van der Waals surface area contributed by atoms with Gasteiger partial charge in [-0.3, -0.25) is 14.9 Å². The molecule has 0 bridgehead atoms. The highest BCUT2D eigenvalue weighted by Gasteiger charge is 2.18. The van der Waals surface area contributed by atoms with Gasteiger partial charge in [-0.1, -0.05) is 13.0 Å². The first-order chi connectivity index (χ1) is 17.4. The Hall–Kier alpha value is -4.05. The van der Waals surface area contributed by atoms with Crippen molar-refractivity contribution in [2.45, 2.75) is 33.7 Å². The number of nitrogens with zero attached hydrogens (tertiary/aromatic N) is 3. The Labute approximate surface area is 212 Å². The summed E-state index contributed by atoms with van der Waals surface area (Å²) < 4.78 is 1.89. The van der Waals surface area contributed by atoms with Gasteiger partial charge in [-0.05, 0) is 44.0 Å². The first kappa shape index (κ1) is 25.1. The van der Waals surface area contributed by atoms with Gasteiger partial charge in [0.15, 0.2) is 0 Å². The van der Waals surface area contributed by atoms with Gasteiger partial charge in [0.25, 0.3) is 5.91 Å². The van der Waals surface area contributed by atoms with E-state index in [0.29, 0.717) is 24.3 Å². The van der Waals surface area contributed by atoms with Crippen molar-refractivity contribution in [2.75, 3.05) is 18.9 Å². The Morgan fingerprint density at radius 1 is 1.11 bits per heavy atom. The Kier molecular flexibility index (Phi) is 7.44. The van der Waals surface area contributed by atoms with E-state index < -0.39 is 5.91 Å². The maximum Gasteiger partial charge on any atom is 0.320 e. The van der Waals surface area contributed by atoms with E-state index in [-0.39, 0.29) is 17.0 Å². The predicted octanol–water partition coefficient (Wildman–Crippen LogP) is 4.27. The smallest absolute Gasteiger partial charge is 0.320 e. The molecule has 4 rings (SSSR count). The van der Waals surface area contributed by atoms with Crippen molar-refractivity contribution < 1.29 is 9.59 Å². The number of benzene rings is 1. The van der Waals surface area contributed by atoms with E-state index in [9.17, 15) is 14.4 Å². The van der Waals surface area contributed by atoms with Crippen LogP contribution in [0, 0.1) is 0 Å². The van der Waals surface area contributed by atoms with Crippen LogP contribution in [0.25, 0.3) is 32.6 Å². The molecular formula is C26H28N6O3S. The summed E-state index contributed by atoms with van der Waals surface area (Å²) in [5, 5.41) is 11.3. The minimum Gasteiger partial charge on any atom is -0.355 e. The number of pyridine rings is 2. The third kappa shape index (κ3) is 4.85. The van der Waals surface area contributed by atoms with Crippen molar-refractivity contribution in [1.82, 2.24) is 25.2 Å². The molecule has 9 nitrogen and oxygen atoms in total. The van der Waals surface area contributed by atoms with Gasteiger partial charge in [0, 0.05) is 54.4 Å². The van der Waals surface area contributed by atoms with Crippen LogP contribution in [0.1, 0.15) is 36.8 Å². The first-order valence-electron chi connectivity index (χ1n) is 11.8. The minimum atomic E-state index is -0.412. The monoisotopic (exact) mass is 504 g/mol. The standard InChI is InChI=1S/C26H28N6O3S/c1-5-16-14-36-25(30-16)18-11-22(31-26(35)28-6-2)29-12-19(18)15-8-9-17-21(10-15)32(7-3)13-20(23(17)33)24(34)27-4/h8-14H,5-7H2,1-4H3,(H,27,34)(H2,28,29,31,35). The van der Waals surface area contributed by atoms with Gasteiger partial charge in [-0.15, -0.1) is 11.3 Å². The molecule has 0 spiro atoms. The summed E-state index contributed by atoms with van der Waals surface area (Å²) in [5.74, 6) is -0.000200. The Morgan fingerprint density at radius 3 is 2.58 bits per heavy atom. The molecule has 3 amide bonds. The summed E-state index contributed by atoms with van der Waals surface area (Å²) in [5.41, 5.74) is 3.99. The highest BCUT2D eigenvalue weighted by Crippen LogP contribution is 2.36. The summed E-state index contributed by atoms with van der Waals surface area (Å²) >= 11 is 1.53. The molecule has 186 valence electrons. The van der Waals surface area contributed by atoms with Crippen molar-refractivity contribution in [3.8, 4) is 21.7 Å². The molecule has 0 atom stereocenters. The van der Waals surface area contributed by atoms with E-state index in [4.69, 9.17) is 4.98 Å². The van der Waals surface area contributed by atoms with Crippen LogP contribution in [0.4, 0.5) is 10.6 Å². The molecule has 4 aromatic rings. The Bertz CT molecular complexity index is 1510. The Morgan fingerprint density at radius 2 is 1.92 bits per heavy atom. The average Bonchev–Trinajstić information content (AvgIpc) is 3.38. The molecule has 0 saturated heterocycles. The number of amides is 3. The first-order valence-corrected chi connectivity index (χ1v) is 12.7. The number of carbonyl (C=O) groups excluding carboxylic acids is 2. The summed E-state index contributed by atoms with van der Waals surface area (Å²) in [7, 11) is 1.51. The molecule has 0 fully saturated rings. The van der Waals surface area contributed by atoms with Gasteiger partial charge in [-0.2, -0.15) is 0 Å². The SMILES string of the molecule is CCNC(=O)Nc1cc(-c2nc(CC)cs2)c(-c2ccc3c(=O)c(C(=O)NC)cn(CC)c3c2)cn1. The number of aryl methyl sites for hydroxylation is 2. The number of urea groups is 1. The summed E-state index contributed by atoms with van der Waals surface area (Å²) in [6.45, 7) is 6.93. The van der Waals surface area contributed by atoms with Crippen LogP contribution in [-0.4, -0.2) is 40.1 Å². The molecule has 3 heterocycles. The second-order valence-electron chi connectivity index (χ2n) is 8.07. The zero-order valence-electron chi connectivity index (χ0n) is 20.6. The van der Waals surface area contributed by atoms with Crippen molar-refractivity contribution in [2.24, 2.45) is 0 Å². The zero-order chi connectivity index (χ0) is 25.8. The zero-order valence-corrected chi connectivity index (χ0v) is 21.5. The molecular weight excluding hydrogens is 476 g/mol. The lowest BCUT2D eigenvalue weighted by molar-refractivity contribution is 0.0961. The highest BCUT2D eigenvalue weighted by atomic mass is 32.1. The topological polar surface area (TPSA) is 118 Å². The maximum atomic E-state index is 13.0. The number of hydrogen-bond acceptors (Lipinski definition) is 6. The van der Waals surface area contributed by atoms with Gasteiger partial charge < -0.3 is 15.2 Å². The third-order valence-corrected chi connectivity index (χ3v) is 6.76. The summed E-state index contributed by atoms with van der Waals surface area (Å²) in [6, 6.07) is 7.01. The lowest BCUT2D eigenvalue weighted by atomic mass is 9.99. The quantitative estimate of drug-likeness (QED) is 0.347. The minimum absolute atomic E-state index is 0.109. The van der Waals surface area contributed by atoms with Crippen molar-refractivity contribution in [3.63, 3.8) is 0 Å². The normalized spacial score (nSPS) is 10.9. The molecule has 10 heteroatoms. The Balaban J connectivity index is 1.89. The molecule has 0 unspecified atom stereocenters. The molecule has 0 aliphatic heterocycles. The fraction of sp³-hybridized carbons (Fsp3) is 0.269. The molecule has 1 aromatic carbocycles. The molecule has 0 saturated carbocycles. The number of carbonyl (C=O) groups is 2. The van der Waals surface area contributed by atoms with Crippen LogP contribution in [0.2, 0.25) is 0 Å². The largest absolute Gasteiger partial charge is 0.355 e. The van der Waals surface area contributed by atoms with E-state index in [1.165, 1.54) is 18.4 Å². The maximum absolute atomic E-state index is 13.0. The van der Waals surface area contributed by atoms with Gasteiger partial charge in [0.1, 0.15) is 16.4 Å². The van der Waals surface area contributed by atoms with E-state index >= 15 is 0 Å².